The molecule has 0 spiro atoms. The van der Waals surface area contributed by atoms with Gasteiger partial charge in [-0.15, -0.1) is 0 Å². The molecule has 2 aliphatic heterocycles. The van der Waals surface area contributed by atoms with Gasteiger partial charge in [-0.25, -0.2) is 8.42 Å². The highest BCUT2D eigenvalue weighted by molar-refractivity contribution is 7.91. The Balaban J connectivity index is 0.000000817. The third kappa shape index (κ3) is 5.27. The minimum Gasteiger partial charge on any atom is -0.483 e. The van der Waals surface area contributed by atoms with Crippen LogP contribution >= 0.6 is 0 Å². The molecule has 1 amide bonds. The van der Waals surface area contributed by atoms with E-state index < -0.39 is 9.84 Å². The summed E-state index contributed by atoms with van der Waals surface area (Å²) in [5.41, 5.74) is 0. The molecule has 3 rings (SSSR count). The van der Waals surface area contributed by atoms with E-state index in [1.165, 1.54) is 7.11 Å². The van der Waals surface area contributed by atoms with Crippen molar-refractivity contribution in [2.45, 2.75) is 29.8 Å². The molecule has 0 bridgehead atoms. The summed E-state index contributed by atoms with van der Waals surface area (Å²) in [6, 6.07) is 9.06. The number of benzene rings is 1. The first-order chi connectivity index (χ1) is 12.9. The van der Waals surface area contributed by atoms with Crippen LogP contribution < -0.4 is 0 Å². The third-order valence-electron chi connectivity index (χ3n) is 5.03. The maximum Gasteiger partial charge on any atom is 0.290 e. The highest BCUT2D eigenvalue weighted by atomic mass is 32.2. The van der Waals surface area contributed by atoms with Crippen LogP contribution in [0, 0.1) is 0 Å². The summed E-state index contributed by atoms with van der Waals surface area (Å²) in [4.78, 5) is 25.0. The van der Waals surface area contributed by atoms with E-state index in [1.807, 2.05) is 11.0 Å². The maximum absolute atomic E-state index is 12.4. The normalized spacial score (nSPS) is 22.0. The van der Waals surface area contributed by atoms with Crippen LogP contribution in [-0.2, 0) is 24.2 Å². The molecule has 0 aromatic heterocycles. The standard InChI is InChI=1S/C17H24N2O4S.CH2O2/c1-23-13-17(20)19-10-8-15-16(19)7-9-18(15)11-12-24(21,22)14-5-3-2-4-6-14;2-1-3/h2-6,15-16H,7-13H2,1H3;1H,(H,2,3)/t15-,16-;/m0./s1. The highest BCUT2D eigenvalue weighted by Gasteiger charge is 2.44. The van der Waals surface area contributed by atoms with Crippen molar-refractivity contribution in [2.75, 3.05) is 39.1 Å². The molecule has 27 heavy (non-hydrogen) atoms. The van der Waals surface area contributed by atoms with Gasteiger partial charge in [-0.3, -0.25) is 14.5 Å². The molecule has 150 valence electrons. The van der Waals surface area contributed by atoms with Crippen LogP contribution in [0.4, 0.5) is 0 Å². The summed E-state index contributed by atoms with van der Waals surface area (Å²) in [6.45, 7) is 1.96. The van der Waals surface area contributed by atoms with Crippen molar-refractivity contribution in [1.29, 1.82) is 0 Å². The van der Waals surface area contributed by atoms with E-state index in [-0.39, 0.29) is 36.8 Å². The molecular formula is C18H26N2O6S. The van der Waals surface area contributed by atoms with Gasteiger partial charge in [0, 0.05) is 38.8 Å². The number of hydrogen-bond acceptors (Lipinski definition) is 6. The highest BCUT2D eigenvalue weighted by Crippen LogP contribution is 2.31. The average molecular weight is 398 g/mol. The van der Waals surface area contributed by atoms with Crippen LogP contribution in [0.15, 0.2) is 35.2 Å². The van der Waals surface area contributed by atoms with Crippen LogP contribution in [0.5, 0.6) is 0 Å². The van der Waals surface area contributed by atoms with Crippen molar-refractivity contribution >= 4 is 22.2 Å². The Bertz CT molecular complexity index is 725. The first-order valence-corrected chi connectivity index (χ1v) is 10.5. The Morgan fingerprint density at radius 2 is 1.85 bits per heavy atom. The second-order valence-electron chi connectivity index (χ2n) is 6.51. The number of likely N-dealkylation sites (tertiary alicyclic amines) is 2. The molecule has 2 heterocycles. The summed E-state index contributed by atoms with van der Waals surface area (Å²) in [5, 5.41) is 6.89. The first-order valence-electron chi connectivity index (χ1n) is 8.82. The summed E-state index contributed by atoms with van der Waals surface area (Å²) < 4.78 is 29.8. The molecule has 1 aromatic carbocycles. The van der Waals surface area contributed by atoms with E-state index in [1.54, 1.807) is 24.3 Å². The van der Waals surface area contributed by atoms with Gasteiger partial charge in [0.05, 0.1) is 10.6 Å². The molecule has 0 saturated carbocycles. The number of carboxylic acid groups (broad SMARTS) is 1. The SMILES string of the molecule is COCC(=O)N1CC[C@H]2[C@@H]1CCN2CCS(=O)(=O)c1ccccc1.O=CO. The molecule has 2 fully saturated rings. The maximum atomic E-state index is 12.4. The first kappa shape index (κ1) is 21.3. The van der Waals surface area contributed by atoms with Gasteiger partial charge in [-0.05, 0) is 25.0 Å². The van der Waals surface area contributed by atoms with Gasteiger partial charge in [0.1, 0.15) is 6.61 Å². The Hall–Kier alpha value is -1.97. The van der Waals surface area contributed by atoms with Crippen LogP contribution in [-0.4, -0.2) is 86.9 Å². The monoisotopic (exact) mass is 398 g/mol. The van der Waals surface area contributed by atoms with Gasteiger partial charge < -0.3 is 14.7 Å². The van der Waals surface area contributed by atoms with Gasteiger partial charge in [0.15, 0.2) is 9.84 Å². The zero-order valence-electron chi connectivity index (χ0n) is 15.4. The van der Waals surface area contributed by atoms with Crippen molar-refractivity contribution in [3.05, 3.63) is 30.3 Å². The van der Waals surface area contributed by atoms with E-state index in [0.717, 1.165) is 25.9 Å². The molecule has 8 nitrogen and oxygen atoms in total. The quantitative estimate of drug-likeness (QED) is 0.695. The fourth-order valence-electron chi connectivity index (χ4n) is 3.85. The lowest BCUT2D eigenvalue weighted by atomic mass is 10.1. The van der Waals surface area contributed by atoms with Crippen molar-refractivity contribution in [1.82, 2.24) is 9.80 Å². The Labute approximate surface area is 159 Å². The number of ether oxygens (including phenoxy) is 1. The van der Waals surface area contributed by atoms with E-state index in [0.29, 0.717) is 11.4 Å². The second-order valence-corrected chi connectivity index (χ2v) is 8.61. The molecular weight excluding hydrogens is 372 g/mol. The van der Waals surface area contributed by atoms with Crippen LogP contribution in [0.25, 0.3) is 0 Å². The predicted octanol–water partition coefficient (Wildman–Crippen LogP) is 0.483. The minimum absolute atomic E-state index is 0.0313. The van der Waals surface area contributed by atoms with Crippen molar-refractivity contribution < 1.29 is 27.9 Å². The van der Waals surface area contributed by atoms with Crippen LogP contribution in [0.2, 0.25) is 0 Å². The van der Waals surface area contributed by atoms with Crippen molar-refractivity contribution in [3.8, 4) is 0 Å². The molecule has 9 heteroatoms. The number of methoxy groups -OCH3 is 1. The predicted molar refractivity (Wildman–Crippen MR) is 99.2 cm³/mol. The molecule has 0 radical (unpaired) electrons. The molecule has 2 aliphatic rings. The fourth-order valence-corrected chi connectivity index (χ4v) is 5.13. The van der Waals surface area contributed by atoms with Crippen LogP contribution in [0.3, 0.4) is 0 Å². The number of hydrogen-bond donors (Lipinski definition) is 1. The van der Waals surface area contributed by atoms with Crippen molar-refractivity contribution in [2.24, 2.45) is 0 Å². The molecule has 0 unspecified atom stereocenters. The number of fused-ring (bicyclic) bond motifs is 1. The summed E-state index contributed by atoms with van der Waals surface area (Å²) in [7, 11) is -1.73. The van der Waals surface area contributed by atoms with E-state index in [4.69, 9.17) is 14.6 Å². The molecule has 1 aromatic rings. The Morgan fingerprint density at radius 3 is 2.48 bits per heavy atom. The largest absolute Gasteiger partial charge is 0.483 e. The molecule has 0 aliphatic carbocycles. The summed E-state index contributed by atoms with van der Waals surface area (Å²) in [6.07, 6.45) is 1.82. The molecule has 2 atom stereocenters. The number of carbonyl (C=O) groups excluding carboxylic acids is 1. The summed E-state index contributed by atoms with van der Waals surface area (Å²) in [5.74, 6) is 0.149. The molecule has 1 N–H and O–H groups in total. The molecule has 2 saturated heterocycles. The fraction of sp³-hybridized carbons (Fsp3) is 0.556. The van der Waals surface area contributed by atoms with Gasteiger partial charge in [-0.2, -0.15) is 0 Å². The Kier molecular flexibility index (Phi) is 7.76. The van der Waals surface area contributed by atoms with E-state index in [9.17, 15) is 13.2 Å². The lowest BCUT2D eigenvalue weighted by Gasteiger charge is -2.25. The Morgan fingerprint density at radius 1 is 1.22 bits per heavy atom. The number of rotatable bonds is 6. The van der Waals surface area contributed by atoms with Gasteiger partial charge in [0.2, 0.25) is 5.91 Å². The summed E-state index contributed by atoms with van der Waals surface area (Å²) >= 11 is 0. The number of amides is 1. The zero-order chi connectivity index (χ0) is 19.9. The van der Waals surface area contributed by atoms with Gasteiger partial charge in [-0.1, -0.05) is 18.2 Å². The van der Waals surface area contributed by atoms with Gasteiger partial charge in [0.25, 0.3) is 6.47 Å². The number of nitrogens with zero attached hydrogens (tertiary/aromatic N) is 2. The van der Waals surface area contributed by atoms with E-state index >= 15 is 0 Å². The zero-order valence-corrected chi connectivity index (χ0v) is 16.2. The average Bonchev–Trinajstić information content (AvgIpc) is 3.24. The number of sulfone groups is 1. The third-order valence-corrected chi connectivity index (χ3v) is 6.74. The number of carbonyl (C=O) groups is 2. The minimum atomic E-state index is -3.26. The topological polar surface area (TPSA) is 104 Å². The second kappa shape index (κ2) is 9.82. The smallest absolute Gasteiger partial charge is 0.290 e. The lowest BCUT2D eigenvalue weighted by Crippen LogP contribution is -2.41. The van der Waals surface area contributed by atoms with Crippen molar-refractivity contribution in [3.63, 3.8) is 0 Å². The van der Waals surface area contributed by atoms with E-state index in [2.05, 4.69) is 4.90 Å². The van der Waals surface area contributed by atoms with Gasteiger partial charge >= 0.3 is 0 Å². The van der Waals surface area contributed by atoms with Crippen LogP contribution in [0.1, 0.15) is 12.8 Å². The lowest BCUT2D eigenvalue weighted by molar-refractivity contribution is -0.136.